The van der Waals surface area contributed by atoms with Gasteiger partial charge in [-0.3, -0.25) is 4.79 Å². The van der Waals surface area contributed by atoms with E-state index in [1.54, 1.807) is 24.3 Å². The molecule has 0 saturated heterocycles. The van der Waals surface area contributed by atoms with Crippen molar-refractivity contribution in [2.75, 3.05) is 19.1 Å². The number of phenolic OH excluding ortho intramolecular Hbond substituents is 1. The zero-order valence-electron chi connectivity index (χ0n) is 11.8. The average Bonchev–Trinajstić information content (AvgIpc) is 2.95. The standard InChI is InChI=1S/C16H16N2O4/c17-12-8-15-14(21-9-22-15)7-11(12)16(20)18-6-5-10-3-1-2-4-13(10)19/h1-4,7-8,19H,5-6,9,17H2,(H,18,20). The molecule has 1 amide bonds. The molecular formula is C16H16N2O4. The summed E-state index contributed by atoms with van der Waals surface area (Å²) in [7, 11) is 0. The molecule has 1 aliphatic rings. The Kier molecular flexibility index (Phi) is 3.74. The van der Waals surface area contributed by atoms with Crippen LogP contribution in [0.5, 0.6) is 17.2 Å². The van der Waals surface area contributed by atoms with Crippen molar-refractivity contribution in [1.82, 2.24) is 5.32 Å². The Labute approximate surface area is 127 Å². The highest BCUT2D eigenvalue weighted by atomic mass is 16.7. The van der Waals surface area contributed by atoms with Gasteiger partial charge in [0.2, 0.25) is 6.79 Å². The van der Waals surface area contributed by atoms with Gasteiger partial charge in [0.25, 0.3) is 5.91 Å². The van der Waals surface area contributed by atoms with Gasteiger partial charge >= 0.3 is 0 Å². The molecule has 0 radical (unpaired) electrons. The van der Waals surface area contributed by atoms with Gasteiger partial charge in [-0.15, -0.1) is 0 Å². The minimum absolute atomic E-state index is 0.132. The summed E-state index contributed by atoms with van der Waals surface area (Å²) in [5.41, 5.74) is 7.33. The highest BCUT2D eigenvalue weighted by molar-refractivity contribution is 6.00. The third kappa shape index (κ3) is 2.76. The highest BCUT2D eigenvalue weighted by Gasteiger charge is 2.19. The first kappa shape index (κ1) is 14.1. The Balaban J connectivity index is 1.64. The Hall–Kier alpha value is -2.89. The van der Waals surface area contributed by atoms with Crippen molar-refractivity contribution in [3.05, 3.63) is 47.5 Å². The third-order valence-corrected chi connectivity index (χ3v) is 3.46. The summed E-state index contributed by atoms with van der Waals surface area (Å²) in [4.78, 5) is 12.2. The summed E-state index contributed by atoms with van der Waals surface area (Å²) < 4.78 is 10.4. The number of amides is 1. The lowest BCUT2D eigenvalue weighted by Gasteiger charge is -2.09. The number of rotatable bonds is 4. The predicted molar refractivity (Wildman–Crippen MR) is 81.1 cm³/mol. The molecule has 2 aromatic rings. The lowest BCUT2D eigenvalue weighted by atomic mass is 10.1. The number of ether oxygens (including phenoxy) is 2. The van der Waals surface area contributed by atoms with Crippen molar-refractivity contribution in [1.29, 1.82) is 0 Å². The van der Waals surface area contributed by atoms with E-state index in [0.29, 0.717) is 35.7 Å². The number of para-hydroxylation sites is 1. The molecule has 22 heavy (non-hydrogen) atoms. The number of hydrogen-bond acceptors (Lipinski definition) is 5. The quantitative estimate of drug-likeness (QED) is 0.747. The van der Waals surface area contributed by atoms with Crippen molar-refractivity contribution in [2.45, 2.75) is 6.42 Å². The van der Waals surface area contributed by atoms with Crippen LogP contribution in [0.2, 0.25) is 0 Å². The number of nitrogens with two attached hydrogens (primary N) is 1. The van der Waals surface area contributed by atoms with Crippen LogP contribution < -0.4 is 20.5 Å². The fourth-order valence-electron chi connectivity index (χ4n) is 2.28. The van der Waals surface area contributed by atoms with Gasteiger partial charge in [0.1, 0.15) is 5.75 Å². The van der Waals surface area contributed by atoms with Gasteiger partial charge in [-0.25, -0.2) is 0 Å². The summed E-state index contributed by atoms with van der Waals surface area (Å²) in [5.74, 6) is 0.994. The molecule has 114 valence electrons. The molecular weight excluding hydrogens is 284 g/mol. The first-order chi connectivity index (χ1) is 10.6. The molecule has 1 heterocycles. The summed E-state index contributed by atoms with van der Waals surface area (Å²) in [6.07, 6.45) is 0.531. The molecule has 0 saturated carbocycles. The van der Waals surface area contributed by atoms with Crippen LogP contribution in [-0.4, -0.2) is 24.4 Å². The fourth-order valence-corrected chi connectivity index (χ4v) is 2.28. The monoisotopic (exact) mass is 300 g/mol. The van der Waals surface area contributed by atoms with E-state index < -0.39 is 0 Å². The van der Waals surface area contributed by atoms with E-state index in [1.165, 1.54) is 0 Å². The van der Waals surface area contributed by atoms with Crippen LogP contribution in [0.1, 0.15) is 15.9 Å². The summed E-state index contributed by atoms with van der Waals surface area (Å²) in [6, 6.07) is 10.2. The van der Waals surface area contributed by atoms with E-state index >= 15 is 0 Å². The van der Waals surface area contributed by atoms with Crippen LogP contribution in [0.3, 0.4) is 0 Å². The van der Waals surface area contributed by atoms with Gasteiger partial charge in [-0.2, -0.15) is 0 Å². The molecule has 0 aliphatic carbocycles. The molecule has 0 unspecified atom stereocenters. The molecule has 4 N–H and O–H groups in total. The number of nitrogen functional groups attached to an aromatic ring is 1. The lowest BCUT2D eigenvalue weighted by Crippen LogP contribution is -2.26. The number of aromatic hydroxyl groups is 1. The molecule has 1 aliphatic heterocycles. The Morgan fingerprint density at radius 2 is 1.95 bits per heavy atom. The maximum Gasteiger partial charge on any atom is 0.253 e. The number of benzene rings is 2. The van der Waals surface area contributed by atoms with Crippen LogP contribution in [0.4, 0.5) is 5.69 Å². The molecule has 0 atom stereocenters. The molecule has 0 fully saturated rings. The van der Waals surface area contributed by atoms with Gasteiger partial charge in [0, 0.05) is 18.3 Å². The van der Waals surface area contributed by atoms with Crippen molar-refractivity contribution in [3.8, 4) is 17.2 Å². The average molecular weight is 300 g/mol. The van der Waals surface area contributed by atoms with Crippen LogP contribution in [-0.2, 0) is 6.42 Å². The van der Waals surface area contributed by atoms with Gasteiger partial charge in [-0.1, -0.05) is 18.2 Å². The zero-order chi connectivity index (χ0) is 15.5. The molecule has 6 heteroatoms. The van der Waals surface area contributed by atoms with Crippen molar-refractivity contribution < 1.29 is 19.4 Å². The summed E-state index contributed by atoms with van der Waals surface area (Å²) in [5, 5.41) is 12.5. The largest absolute Gasteiger partial charge is 0.508 e. The molecule has 0 spiro atoms. The third-order valence-electron chi connectivity index (χ3n) is 3.46. The number of phenols is 1. The van der Waals surface area contributed by atoms with E-state index in [1.807, 2.05) is 12.1 Å². The van der Waals surface area contributed by atoms with E-state index in [-0.39, 0.29) is 18.4 Å². The Morgan fingerprint density at radius 1 is 1.23 bits per heavy atom. The topological polar surface area (TPSA) is 93.8 Å². The lowest BCUT2D eigenvalue weighted by molar-refractivity contribution is 0.0954. The van der Waals surface area contributed by atoms with Crippen molar-refractivity contribution in [3.63, 3.8) is 0 Å². The molecule has 2 aromatic carbocycles. The van der Waals surface area contributed by atoms with E-state index in [0.717, 1.165) is 5.56 Å². The SMILES string of the molecule is Nc1cc2c(cc1C(=O)NCCc1ccccc1O)OCO2. The first-order valence-corrected chi connectivity index (χ1v) is 6.89. The Morgan fingerprint density at radius 3 is 2.73 bits per heavy atom. The van der Waals surface area contributed by atoms with Gasteiger partial charge in [-0.05, 0) is 24.1 Å². The number of hydrogen-bond donors (Lipinski definition) is 3. The maximum atomic E-state index is 12.2. The number of carbonyl (C=O) groups excluding carboxylic acids is 1. The number of carbonyl (C=O) groups is 1. The number of anilines is 1. The second-order valence-electron chi connectivity index (χ2n) is 4.93. The summed E-state index contributed by atoms with van der Waals surface area (Å²) >= 11 is 0. The minimum atomic E-state index is -0.286. The van der Waals surface area contributed by atoms with E-state index in [9.17, 15) is 9.90 Å². The van der Waals surface area contributed by atoms with E-state index in [2.05, 4.69) is 5.32 Å². The molecule has 6 nitrogen and oxygen atoms in total. The molecule has 3 rings (SSSR count). The van der Waals surface area contributed by atoms with Crippen LogP contribution in [0.25, 0.3) is 0 Å². The van der Waals surface area contributed by atoms with E-state index in [4.69, 9.17) is 15.2 Å². The molecule has 0 bridgehead atoms. The number of nitrogens with one attached hydrogen (secondary N) is 1. The fraction of sp³-hybridized carbons (Fsp3) is 0.188. The second kappa shape index (κ2) is 5.85. The van der Waals surface area contributed by atoms with Crippen molar-refractivity contribution >= 4 is 11.6 Å². The first-order valence-electron chi connectivity index (χ1n) is 6.89. The second-order valence-corrected chi connectivity index (χ2v) is 4.93. The minimum Gasteiger partial charge on any atom is -0.508 e. The predicted octanol–water partition coefficient (Wildman–Crippen LogP) is 1.68. The van der Waals surface area contributed by atoms with Crippen LogP contribution in [0.15, 0.2) is 36.4 Å². The van der Waals surface area contributed by atoms with Crippen LogP contribution in [0, 0.1) is 0 Å². The summed E-state index contributed by atoms with van der Waals surface area (Å²) in [6.45, 7) is 0.525. The van der Waals surface area contributed by atoms with Gasteiger partial charge in [0.15, 0.2) is 11.5 Å². The molecule has 0 aromatic heterocycles. The smallest absolute Gasteiger partial charge is 0.253 e. The van der Waals surface area contributed by atoms with Crippen molar-refractivity contribution in [2.24, 2.45) is 0 Å². The maximum absolute atomic E-state index is 12.2. The van der Waals surface area contributed by atoms with Gasteiger partial charge < -0.3 is 25.6 Å². The highest BCUT2D eigenvalue weighted by Crippen LogP contribution is 2.35. The zero-order valence-corrected chi connectivity index (χ0v) is 11.8. The van der Waals surface area contributed by atoms with Crippen LogP contribution >= 0.6 is 0 Å². The normalized spacial score (nSPS) is 12.2. The van der Waals surface area contributed by atoms with Gasteiger partial charge in [0.05, 0.1) is 5.56 Å². The number of fused-ring (bicyclic) bond motifs is 1. The Bertz CT molecular complexity index is 715.